The third kappa shape index (κ3) is 3.34. The minimum absolute atomic E-state index is 0.0804. The Kier molecular flexibility index (Phi) is 4.89. The largest absolute Gasteiger partial charge is 0.345 e. The lowest BCUT2D eigenvalue weighted by molar-refractivity contribution is 0.0724. The van der Waals surface area contributed by atoms with Crippen molar-refractivity contribution in [2.45, 2.75) is 57.3 Å². The Morgan fingerprint density at radius 3 is 2.71 bits per heavy atom. The quantitative estimate of drug-likeness (QED) is 0.650. The molecule has 146 valence electrons. The lowest BCUT2D eigenvalue weighted by Gasteiger charge is -2.25. The fourth-order valence-electron chi connectivity index (χ4n) is 4.62. The molecule has 4 heterocycles. The van der Waals surface area contributed by atoms with Gasteiger partial charge >= 0.3 is 0 Å². The van der Waals surface area contributed by atoms with Gasteiger partial charge < -0.3 is 9.88 Å². The number of carbonyl (C=O) groups excluding carboxylic acids is 1. The van der Waals surface area contributed by atoms with Gasteiger partial charge in [-0.1, -0.05) is 19.3 Å². The van der Waals surface area contributed by atoms with Crippen molar-refractivity contribution < 1.29 is 4.79 Å². The first-order valence-electron chi connectivity index (χ1n) is 10.5. The number of nitrogens with one attached hydrogen (secondary N) is 1. The van der Waals surface area contributed by atoms with Crippen molar-refractivity contribution in [2.75, 3.05) is 13.1 Å². The number of H-pyrrole nitrogens is 1. The van der Waals surface area contributed by atoms with E-state index in [1.54, 1.807) is 0 Å². The molecule has 0 atom stereocenters. The van der Waals surface area contributed by atoms with Crippen LogP contribution in [0.5, 0.6) is 0 Å². The van der Waals surface area contributed by atoms with Crippen molar-refractivity contribution in [3.63, 3.8) is 0 Å². The van der Waals surface area contributed by atoms with E-state index in [-0.39, 0.29) is 5.91 Å². The van der Waals surface area contributed by atoms with E-state index in [2.05, 4.69) is 16.0 Å². The smallest absolute Gasteiger partial charge is 0.282 e. The van der Waals surface area contributed by atoms with Gasteiger partial charge in [0.1, 0.15) is 5.65 Å². The zero-order valence-electron chi connectivity index (χ0n) is 16.1. The van der Waals surface area contributed by atoms with Crippen LogP contribution in [0.25, 0.3) is 22.3 Å². The molecule has 1 saturated heterocycles. The van der Waals surface area contributed by atoms with E-state index in [1.807, 2.05) is 22.7 Å². The van der Waals surface area contributed by atoms with Gasteiger partial charge in [0, 0.05) is 41.8 Å². The Morgan fingerprint density at radius 2 is 1.89 bits per heavy atom. The number of fused-ring (bicyclic) bond motifs is 1. The standard InChI is InChI=1S/C22H26N4OS/c27-22(26-9-5-2-6-10-26)21-25-19(14-28-21)18-13-24-20-17(18)11-16(12-23-20)15-7-3-1-4-8-15/h11-15H,1-10H2,(H,23,24). The van der Waals surface area contributed by atoms with Gasteiger partial charge in [0.15, 0.2) is 5.01 Å². The Bertz CT molecular complexity index is 980. The number of hydrogen-bond donors (Lipinski definition) is 1. The van der Waals surface area contributed by atoms with Crippen LogP contribution in [0.3, 0.4) is 0 Å². The number of pyridine rings is 1. The first-order chi connectivity index (χ1) is 13.8. The molecule has 0 bridgehead atoms. The highest BCUT2D eigenvalue weighted by molar-refractivity contribution is 7.12. The van der Waals surface area contributed by atoms with Crippen LogP contribution in [0.1, 0.15) is 72.7 Å². The molecule has 0 spiro atoms. The molecule has 2 fully saturated rings. The topological polar surface area (TPSA) is 61.9 Å². The Morgan fingerprint density at radius 1 is 1.11 bits per heavy atom. The summed E-state index contributed by atoms with van der Waals surface area (Å²) >= 11 is 1.45. The number of piperidine rings is 1. The minimum Gasteiger partial charge on any atom is -0.345 e. The molecule has 6 heteroatoms. The van der Waals surface area contributed by atoms with Crippen molar-refractivity contribution >= 4 is 28.3 Å². The highest BCUT2D eigenvalue weighted by Gasteiger charge is 2.22. The van der Waals surface area contributed by atoms with E-state index in [0.717, 1.165) is 48.2 Å². The number of nitrogens with zero attached hydrogens (tertiary/aromatic N) is 3. The normalized spacial score (nSPS) is 18.6. The van der Waals surface area contributed by atoms with Gasteiger partial charge in [-0.05, 0) is 49.7 Å². The van der Waals surface area contributed by atoms with Gasteiger partial charge in [-0.15, -0.1) is 11.3 Å². The highest BCUT2D eigenvalue weighted by Crippen LogP contribution is 2.36. The van der Waals surface area contributed by atoms with Crippen LogP contribution in [0, 0.1) is 0 Å². The van der Waals surface area contributed by atoms with E-state index in [1.165, 1.54) is 55.4 Å². The summed E-state index contributed by atoms with van der Waals surface area (Å²) < 4.78 is 0. The number of likely N-dealkylation sites (tertiary alicyclic amines) is 1. The first kappa shape index (κ1) is 17.9. The maximum atomic E-state index is 12.8. The summed E-state index contributed by atoms with van der Waals surface area (Å²) in [5.74, 6) is 0.705. The number of rotatable bonds is 3. The number of thiazole rings is 1. The second-order valence-electron chi connectivity index (χ2n) is 8.09. The van der Waals surface area contributed by atoms with Crippen LogP contribution in [-0.2, 0) is 0 Å². The zero-order chi connectivity index (χ0) is 18.9. The first-order valence-corrected chi connectivity index (χ1v) is 11.4. The SMILES string of the molecule is O=C(c1nc(-c2c[nH]c3ncc(C4CCCCC4)cc23)cs1)N1CCCCC1. The van der Waals surface area contributed by atoms with Gasteiger partial charge in [-0.2, -0.15) is 0 Å². The van der Waals surface area contributed by atoms with E-state index in [9.17, 15) is 4.79 Å². The molecule has 5 nitrogen and oxygen atoms in total. The fourth-order valence-corrected chi connectivity index (χ4v) is 5.40. The van der Waals surface area contributed by atoms with E-state index in [4.69, 9.17) is 4.98 Å². The molecule has 1 amide bonds. The van der Waals surface area contributed by atoms with Crippen LogP contribution in [0.2, 0.25) is 0 Å². The fraction of sp³-hybridized carbons (Fsp3) is 0.500. The lowest BCUT2D eigenvalue weighted by Crippen LogP contribution is -2.35. The number of hydrogen-bond acceptors (Lipinski definition) is 4. The molecular weight excluding hydrogens is 368 g/mol. The van der Waals surface area contributed by atoms with Gasteiger partial charge in [-0.3, -0.25) is 4.79 Å². The molecule has 3 aromatic heterocycles. The second-order valence-corrected chi connectivity index (χ2v) is 8.95. The van der Waals surface area contributed by atoms with Crippen molar-refractivity contribution in [3.05, 3.63) is 34.4 Å². The van der Waals surface area contributed by atoms with Crippen LogP contribution in [0.4, 0.5) is 0 Å². The maximum Gasteiger partial charge on any atom is 0.282 e. The predicted molar refractivity (Wildman–Crippen MR) is 113 cm³/mol. The summed E-state index contributed by atoms with van der Waals surface area (Å²) in [5, 5.41) is 3.72. The van der Waals surface area contributed by atoms with Gasteiger partial charge in [0.2, 0.25) is 0 Å². The summed E-state index contributed by atoms with van der Waals surface area (Å²) in [4.78, 5) is 27.3. The third-order valence-electron chi connectivity index (χ3n) is 6.24. The van der Waals surface area contributed by atoms with Crippen LogP contribution >= 0.6 is 11.3 Å². The number of aromatic nitrogens is 3. The van der Waals surface area contributed by atoms with Crippen molar-refractivity contribution in [1.82, 2.24) is 19.9 Å². The molecular formula is C22H26N4OS. The van der Waals surface area contributed by atoms with Gasteiger partial charge in [0.05, 0.1) is 5.69 Å². The Labute approximate surface area is 169 Å². The van der Waals surface area contributed by atoms with Crippen LogP contribution < -0.4 is 0 Å². The summed E-state index contributed by atoms with van der Waals surface area (Å²) in [5.41, 5.74) is 4.16. The molecule has 0 unspecified atom stereocenters. The number of carbonyl (C=O) groups is 1. The predicted octanol–water partition coefficient (Wildman–Crippen LogP) is 5.36. The molecule has 0 aromatic carbocycles. The molecule has 1 saturated carbocycles. The van der Waals surface area contributed by atoms with E-state index < -0.39 is 0 Å². The monoisotopic (exact) mass is 394 g/mol. The van der Waals surface area contributed by atoms with Crippen molar-refractivity contribution in [1.29, 1.82) is 0 Å². The molecule has 1 aliphatic heterocycles. The zero-order valence-corrected chi connectivity index (χ0v) is 16.9. The van der Waals surface area contributed by atoms with E-state index in [0.29, 0.717) is 10.9 Å². The summed E-state index contributed by atoms with van der Waals surface area (Å²) in [6.45, 7) is 1.71. The van der Waals surface area contributed by atoms with Crippen LogP contribution in [-0.4, -0.2) is 38.8 Å². The number of aromatic amines is 1. The van der Waals surface area contributed by atoms with Gasteiger partial charge in [-0.25, -0.2) is 9.97 Å². The van der Waals surface area contributed by atoms with E-state index >= 15 is 0 Å². The molecule has 3 aromatic rings. The molecule has 28 heavy (non-hydrogen) atoms. The Hall–Kier alpha value is -2.21. The average Bonchev–Trinajstić information content (AvgIpc) is 3.41. The van der Waals surface area contributed by atoms with Crippen LogP contribution in [0.15, 0.2) is 23.8 Å². The highest BCUT2D eigenvalue weighted by atomic mass is 32.1. The lowest BCUT2D eigenvalue weighted by atomic mass is 9.84. The van der Waals surface area contributed by atoms with Gasteiger partial charge in [0.25, 0.3) is 5.91 Å². The molecule has 1 N–H and O–H groups in total. The molecule has 1 aliphatic carbocycles. The average molecular weight is 395 g/mol. The second kappa shape index (κ2) is 7.66. The third-order valence-corrected chi connectivity index (χ3v) is 7.07. The number of amides is 1. The molecule has 5 rings (SSSR count). The van der Waals surface area contributed by atoms with Crippen molar-refractivity contribution in [3.8, 4) is 11.3 Å². The summed E-state index contributed by atoms with van der Waals surface area (Å²) in [7, 11) is 0. The Balaban J connectivity index is 1.44. The molecule has 0 radical (unpaired) electrons. The summed E-state index contributed by atoms with van der Waals surface area (Å²) in [6.07, 6.45) is 13.9. The molecule has 2 aliphatic rings. The minimum atomic E-state index is 0.0804. The maximum absolute atomic E-state index is 12.8. The summed E-state index contributed by atoms with van der Waals surface area (Å²) in [6, 6.07) is 2.29. The van der Waals surface area contributed by atoms with Crippen molar-refractivity contribution in [2.24, 2.45) is 0 Å².